The van der Waals surface area contributed by atoms with Crippen LogP contribution in [-0.2, 0) is 14.4 Å². The van der Waals surface area contributed by atoms with Gasteiger partial charge in [-0.1, -0.05) is 12.8 Å². The quantitative estimate of drug-likeness (QED) is 0.537. The summed E-state index contributed by atoms with van der Waals surface area (Å²) in [5.41, 5.74) is -1.27. The first kappa shape index (κ1) is 27.1. The first-order chi connectivity index (χ1) is 19.1. The Balaban J connectivity index is 1.33. The number of aromatic nitrogens is 1. The van der Waals surface area contributed by atoms with Crippen LogP contribution in [0.3, 0.4) is 0 Å². The molecule has 3 aliphatic rings. The fourth-order valence-corrected chi connectivity index (χ4v) is 5.19. The maximum Gasteiger partial charge on any atom is 0.271 e. The van der Waals surface area contributed by atoms with Crippen molar-refractivity contribution in [3.8, 4) is 11.8 Å². The molecule has 1 aliphatic carbocycles. The summed E-state index contributed by atoms with van der Waals surface area (Å²) >= 11 is 0. The molecule has 5 rings (SSSR count). The molecule has 12 heteroatoms. The summed E-state index contributed by atoms with van der Waals surface area (Å²) in [4.78, 5) is 59.7. The highest BCUT2D eigenvalue weighted by atomic mass is 19.1. The van der Waals surface area contributed by atoms with E-state index in [-0.39, 0.29) is 30.3 Å². The standard InChI is InChI=1S/C28H29FN6O5/c1-16(32-24(36)18-7-9-19(29)10-8-18)25(37)34(2)21(12-17-5-6-17)26(38)35-15-28(13-20(35)14-30)27(39)33-23-22(40-28)4-3-11-31-23/h3-4,7-11,16-17,20-21H,5-6,12-13,15H2,1-2H3,(H,32,36)(H,31,33,39)/t16-,20-,21-,28+/m0/s1. The van der Waals surface area contributed by atoms with Crippen LogP contribution in [0.1, 0.15) is 43.0 Å². The van der Waals surface area contributed by atoms with Crippen LogP contribution in [0, 0.1) is 23.1 Å². The Hall–Kier alpha value is -4.53. The Morgan fingerprint density at radius 2 is 2.02 bits per heavy atom. The minimum Gasteiger partial charge on any atom is -0.472 e. The summed E-state index contributed by atoms with van der Waals surface area (Å²) in [6.45, 7) is 1.35. The van der Waals surface area contributed by atoms with E-state index in [1.807, 2.05) is 0 Å². The molecule has 1 spiro atoms. The number of benzene rings is 1. The molecule has 3 heterocycles. The topological polar surface area (TPSA) is 145 Å². The maximum atomic E-state index is 14.0. The van der Waals surface area contributed by atoms with Crippen molar-refractivity contribution in [1.29, 1.82) is 5.26 Å². The molecule has 4 atom stereocenters. The third-order valence-corrected chi connectivity index (χ3v) is 7.66. The number of pyridine rings is 1. The molecule has 1 saturated carbocycles. The van der Waals surface area contributed by atoms with Gasteiger partial charge in [-0.05, 0) is 55.7 Å². The van der Waals surface area contributed by atoms with E-state index < -0.39 is 53.2 Å². The summed E-state index contributed by atoms with van der Waals surface area (Å²) in [6.07, 6.45) is 3.71. The van der Waals surface area contributed by atoms with Gasteiger partial charge in [0, 0.05) is 25.2 Å². The lowest BCUT2D eigenvalue weighted by atomic mass is 9.97. The van der Waals surface area contributed by atoms with Crippen molar-refractivity contribution in [3.05, 3.63) is 54.0 Å². The first-order valence-electron chi connectivity index (χ1n) is 13.1. The molecule has 4 amide bonds. The molecule has 2 fully saturated rings. The summed E-state index contributed by atoms with van der Waals surface area (Å²) < 4.78 is 19.3. The van der Waals surface area contributed by atoms with Crippen molar-refractivity contribution < 1.29 is 28.3 Å². The van der Waals surface area contributed by atoms with Crippen LogP contribution < -0.4 is 15.4 Å². The number of anilines is 1. The van der Waals surface area contributed by atoms with Crippen molar-refractivity contribution in [3.63, 3.8) is 0 Å². The Bertz CT molecular complexity index is 1390. The molecule has 0 bridgehead atoms. The minimum absolute atomic E-state index is 0.0344. The van der Waals surface area contributed by atoms with E-state index in [2.05, 4.69) is 21.7 Å². The van der Waals surface area contributed by atoms with Crippen LogP contribution in [0.5, 0.6) is 5.75 Å². The Morgan fingerprint density at radius 3 is 2.70 bits per heavy atom. The number of halogens is 1. The van der Waals surface area contributed by atoms with Crippen molar-refractivity contribution in [1.82, 2.24) is 20.1 Å². The summed E-state index contributed by atoms with van der Waals surface area (Å²) in [6, 6.07) is 7.52. The van der Waals surface area contributed by atoms with E-state index in [1.165, 1.54) is 42.1 Å². The van der Waals surface area contributed by atoms with E-state index in [9.17, 15) is 28.8 Å². The van der Waals surface area contributed by atoms with Gasteiger partial charge in [-0.15, -0.1) is 0 Å². The number of hydrogen-bond donors (Lipinski definition) is 2. The normalized spacial score (nSPS) is 22.8. The number of carbonyl (C=O) groups is 4. The number of ether oxygens (including phenoxy) is 1. The third kappa shape index (κ3) is 5.19. The fourth-order valence-electron chi connectivity index (χ4n) is 5.19. The number of hydrogen-bond acceptors (Lipinski definition) is 7. The number of fused-ring (bicyclic) bond motifs is 1. The zero-order chi connectivity index (χ0) is 28.6. The zero-order valence-electron chi connectivity index (χ0n) is 22.1. The summed E-state index contributed by atoms with van der Waals surface area (Å²) in [5, 5.41) is 15.2. The Morgan fingerprint density at radius 1 is 1.30 bits per heavy atom. The number of likely N-dealkylation sites (tertiary alicyclic amines) is 1. The van der Waals surface area contributed by atoms with Crippen molar-refractivity contribution in [2.75, 3.05) is 18.9 Å². The van der Waals surface area contributed by atoms with Crippen LogP contribution in [0.2, 0.25) is 0 Å². The van der Waals surface area contributed by atoms with E-state index >= 15 is 0 Å². The highest BCUT2D eigenvalue weighted by molar-refractivity contribution is 6.01. The molecule has 1 saturated heterocycles. The molecule has 2 N–H and O–H groups in total. The molecular formula is C28H29FN6O5. The summed E-state index contributed by atoms with van der Waals surface area (Å²) in [5.74, 6) is -1.63. The lowest BCUT2D eigenvalue weighted by Crippen LogP contribution is -2.57. The Kier molecular flexibility index (Phi) is 7.14. The van der Waals surface area contributed by atoms with Crippen LogP contribution in [-0.4, -0.2) is 75.7 Å². The molecule has 0 radical (unpaired) electrons. The van der Waals surface area contributed by atoms with Crippen LogP contribution in [0.15, 0.2) is 42.6 Å². The number of carbonyl (C=O) groups excluding carboxylic acids is 4. The number of amides is 4. The Labute approximate surface area is 230 Å². The second kappa shape index (κ2) is 10.6. The van der Waals surface area contributed by atoms with Gasteiger partial charge in [-0.25, -0.2) is 9.37 Å². The van der Waals surface area contributed by atoms with Crippen LogP contribution in [0.4, 0.5) is 10.2 Å². The van der Waals surface area contributed by atoms with Gasteiger partial charge in [0.2, 0.25) is 17.4 Å². The monoisotopic (exact) mass is 548 g/mol. The number of nitriles is 1. The smallest absolute Gasteiger partial charge is 0.271 e. The molecule has 2 aliphatic heterocycles. The average molecular weight is 549 g/mol. The molecular weight excluding hydrogens is 519 g/mol. The van der Waals surface area contributed by atoms with Gasteiger partial charge >= 0.3 is 0 Å². The predicted molar refractivity (Wildman–Crippen MR) is 139 cm³/mol. The SMILES string of the molecule is C[C@H](NC(=O)c1ccc(F)cc1)C(=O)N(C)[C@@H](CC1CC1)C(=O)N1C[C@@]2(C[C@H]1C#N)Oc1cccnc1NC2=O. The average Bonchev–Trinajstić information content (AvgIpc) is 3.70. The number of nitrogens with zero attached hydrogens (tertiary/aromatic N) is 4. The molecule has 2 aromatic rings. The van der Waals surface area contributed by atoms with E-state index in [0.717, 1.165) is 25.0 Å². The lowest BCUT2D eigenvalue weighted by molar-refractivity contribution is -0.146. The van der Waals surface area contributed by atoms with Gasteiger partial charge in [0.1, 0.15) is 23.9 Å². The second-order valence-corrected chi connectivity index (χ2v) is 10.6. The van der Waals surface area contributed by atoms with E-state index in [1.54, 1.807) is 12.1 Å². The van der Waals surface area contributed by atoms with Gasteiger partial charge in [0.15, 0.2) is 11.6 Å². The highest BCUT2D eigenvalue weighted by Gasteiger charge is 2.56. The van der Waals surface area contributed by atoms with E-state index in [0.29, 0.717) is 12.2 Å². The van der Waals surface area contributed by atoms with Crippen LogP contribution in [0.25, 0.3) is 0 Å². The van der Waals surface area contributed by atoms with Crippen molar-refractivity contribution >= 4 is 29.4 Å². The van der Waals surface area contributed by atoms with Gasteiger partial charge in [-0.2, -0.15) is 5.26 Å². The molecule has 208 valence electrons. The van der Waals surface area contributed by atoms with Crippen LogP contribution >= 0.6 is 0 Å². The predicted octanol–water partition coefficient (Wildman–Crippen LogP) is 1.86. The zero-order valence-corrected chi connectivity index (χ0v) is 22.1. The third-order valence-electron chi connectivity index (χ3n) is 7.66. The molecule has 0 unspecified atom stereocenters. The molecule has 40 heavy (non-hydrogen) atoms. The highest BCUT2D eigenvalue weighted by Crippen LogP contribution is 2.40. The number of nitrogens with one attached hydrogen (secondary N) is 2. The second-order valence-electron chi connectivity index (χ2n) is 10.6. The van der Waals surface area contributed by atoms with Gasteiger partial charge in [0.25, 0.3) is 11.8 Å². The van der Waals surface area contributed by atoms with Gasteiger partial charge < -0.3 is 25.2 Å². The lowest BCUT2D eigenvalue weighted by Gasteiger charge is -2.35. The first-order valence-corrected chi connectivity index (χ1v) is 13.1. The number of rotatable bonds is 7. The summed E-state index contributed by atoms with van der Waals surface area (Å²) in [7, 11) is 1.49. The van der Waals surface area contributed by atoms with Crippen molar-refractivity contribution in [2.24, 2.45) is 5.92 Å². The maximum absolute atomic E-state index is 14.0. The minimum atomic E-state index is -1.46. The van der Waals surface area contributed by atoms with Crippen molar-refractivity contribution in [2.45, 2.75) is 56.3 Å². The fraction of sp³-hybridized carbons (Fsp3) is 0.429. The van der Waals surface area contributed by atoms with Gasteiger partial charge in [-0.3, -0.25) is 19.2 Å². The van der Waals surface area contributed by atoms with Gasteiger partial charge in [0.05, 0.1) is 12.6 Å². The molecule has 1 aromatic heterocycles. The molecule has 1 aromatic carbocycles. The number of likely N-dealkylation sites (N-methyl/N-ethyl adjacent to an activating group) is 1. The largest absolute Gasteiger partial charge is 0.472 e. The van der Waals surface area contributed by atoms with E-state index in [4.69, 9.17) is 4.74 Å². The molecule has 11 nitrogen and oxygen atoms in total.